The minimum Gasteiger partial charge on any atom is -0.493 e. The van der Waals surface area contributed by atoms with Crippen LogP contribution in [0.25, 0.3) is 0 Å². The lowest BCUT2D eigenvalue weighted by atomic mass is 10.0. The number of methoxy groups -OCH3 is 2. The van der Waals surface area contributed by atoms with Crippen LogP contribution in [0, 0.1) is 0 Å². The molecule has 1 heterocycles. The van der Waals surface area contributed by atoms with Gasteiger partial charge in [-0.3, -0.25) is 9.89 Å². The topological polar surface area (TPSA) is 67.4 Å². The van der Waals surface area contributed by atoms with Gasteiger partial charge in [0, 0.05) is 38.0 Å². The first-order valence-corrected chi connectivity index (χ1v) is 12.0. The quantitative estimate of drug-likeness (QED) is 0.479. The number of morpholine rings is 1. The number of ether oxygens (including phenoxy) is 3. The maximum atomic E-state index is 5.58. The number of hydrogen-bond acceptors (Lipinski definition) is 6. The third-order valence-corrected chi connectivity index (χ3v) is 7.12. The van der Waals surface area contributed by atoms with Gasteiger partial charge < -0.3 is 24.8 Å². The molecule has 0 aromatic heterocycles. The Morgan fingerprint density at radius 1 is 1.23 bits per heavy atom. The molecule has 1 aromatic carbocycles. The van der Waals surface area contributed by atoms with Gasteiger partial charge in [-0.25, -0.2) is 0 Å². The van der Waals surface area contributed by atoms with E-state index < -0.39 is 0 Å². The van der Waals surface area contributed by atoms with Gasteiger partial charge in [0.2, 0.25) is 0 Å². The molecule has 3 unspecified atom stereocenters. The van der Waals surface area contributed by atoms with E-state index in [1.165, 1.54) is 24.8 Å². The van der Waals surface area contributed by atoms with E-state index in [1.807, 2.05) is 24.9 Å². The maximum absolute atomic E-state index is 5.58. The molecule has 30 heavy (non-hydrogen) atoms. The highest BCUT2D eigenvalue weighted by atomic mass is 32.2. The van der Waals surface area contributed by atoms with E-state index in [0.717, 1.165) is 55.6 Å². The molecule has 168 valence electrons. The normalized spacial score (nSPS) is 23.8. The number of hydrogen-bond donors (Lipinski definition) is 2. The predicted octanol–water partition coefficient (Wildman–Crippen LogP) is 2.53. The number of benzene rings is 1. The van der Waals surface area contributed by atoms with E-state index in [9.17, 15) is 0 Å². The summed E-state index contributed by atoms with van der Waals surface area (Å²) in [6.45, 7) is 4.09. The van der Waals surface area contributed by atoms with Crippen molar-refractivity contribution in [3.63, 3.8) is 0 Å². The molecule has 0 spiro atoms. The Morgan fingerprint density at radius 2 is 2.00 bits per heavy atom. The van der Waals surface area contributed by atoms with Crippen molar-refractivity contribution >= 4 is 17.7 Å². The second kappa shape index (κ2) is 11.7. The second-order valence-corrected chi connectivity index (χ2v) is 8.88. The van der Waals surface area contributed by atoms with Gasteiger partial charge in [-0.1, -0.05) is 6.07 Å². The molecule has 8 heteroatoms. The molecule has 1 aliphatic heterocycles. The highest BCUT2D eigenvalue weighted by Crippen LogP contribution is 2.32. The zero-order valence-corrected chi connectivity index (χ0v) is 19.5. The molecule has 1 aliphatic carbocycles. The molecule has 7 nitrogen and oxygen atoms in total. The van der Waals surface area contributed by atoms with Crippen molar-refractivity contribution < 1.29 is 14.2 Å². The first-order valence-electron chi connectivity index (χ1n) is 10.7. The predicted molar refractivity (Wildman–Crippen MR) is 124 cm³/mol. The Balaban J connectivity index is 1.69. The fraction of sp³-hybridized carbons (Fsp3) is 0.682. The Bertz CT molecular complexity index is 697. The summed E-state index contributed by atoms with van der Waals surface area (Å²) in [5.41, 5.74) is 1.20. The van der Waals surface area contributed by atoms with Gasteiger partial charge in [-0.05, 0) is 43.2 Å². The number of thioether (sulfide) groups is 1. The number of guanidine groups is 1. The molecule has 0 amide bonds. The van der Waals surface area contributed by atoms with E-state index in [4.69, 9.17) is 14.2 Å². The monoisotopic (exact) mass is 436 g/mol. The van der Waals surface area contributed by atoms with Crippen molar-refractivity contribution in [1.29, 1.82) is 0 Å². The van der Waals surface area contributed by atoms with E-state index >= 15 is 0 Å². The summed E-state index contributed by atoms with van der Waals surface area (Å²) in [4.78, 5) is 6.94. The summed E-state index contributed by atoms with van der Waals surface area (Å²) >= 11 is 1.97. The Kier molecular flexibility index (Phi) is 8.96. The van der Waals surface area contributed by atoms with Crippen LogP contribution in [0.15, 0.2) is 23.2 Å². The smallest absolute Gasteiger partial charge is 0.191 e. The number of nitrogens with zero attached hydrogens (tertiary/aromatic N) is 2. The highest BCUT2D eigenvalue weighted by molar-refractivity contribution is 7.99. The van der Waals surface area contributed by atoms with Crippen LogP contribution in [0.2, 0.25) is 0 Å². The first-order chi connectivity index (χ1) is 14.7. The zero-order valence-electron chi connectivity index (χ0n) is 18.6. The van der Waals surface area contributed by atoms with Gasteiger partial charge in [-0.2, -0.15) is 11.8 Å². The molecule has 0 bridgehead atoms. The van der Waals surface area contributed by atoms with Gasteiger partial charge >= 0.3 is 0 Å². The lowest BCUT2D eigenvalue weighted by Gasteiger charge is -2.35. The minimum absolute atomic E-state index is 0.190. The van der Waals surface area contributed by atoms with Gasteiger partial charge in [0.25, 0.3) is 0 Å². The number of aliphatic imine (C=N–C) groups is 1. The summed E-state index contributed by atoms with van der Waals surface area (Å²) < 4.78 is 16.5. The highest BCUT2D eigenvalue weighted by Gasteiger charge is 2.26. The molecule has 2 N–H and O–H groups in total. The van der Waals surface area contributed by atoms with Crippen LogP contribution < -0.4 is 20.1 Å². The lowest BCUT2D eigenvalue weighted by Crippen LogP contribution is -2.48. The van der Waals surface area contributed by atoms with Crippen LogP contribution in [0.5, 0.6) is 11.5 Å². The van der Waals surface area contributed by atoms with Crippen LogP contribution in [0.4, 0.5) is 0 Å². The average Bonchev–Trinajstić information content (AvgIpc) is 3.26. The molecule has 1 saturated heterocycles. The number of nitrogens with one attached hydrogen (secondary N) is 2. The summed E-state index contributed by atoms with van der Waals surface area (Å²) in [6.07, 6.45) is 5.88. The molecular formula is C22H36N4O3S. The summed E-state index contributed by atoms with van der Waals surface area (Å²) in [6, 6.07) is 6.87. The fourth-order valence-electron chi connectivity index (χ4n) is 4.27. The van der Waals surface area contributed by atoms with Crippen LogP contribution in [-0.2, 0) is 4.74 Å². The van der Waals surface area contributed by atoms with E-state index in [1.54, 1.807) is 14.2 Å². The van der Waals surface area contributed by atoms with E-state index in [-0.39, 0.29) is 6.04 Å². The minimum atomic E-state index is 0.190. The average molecular weight is 437 g/mol. The molecule has 0 radical (unpaired) electrons. The van der Waals surface area contributed by atoms with Gasteiger partial charge in [0.05, 0.1) is 33.5 Å². The zero-order chi connectivity index (χ0) is 21.3. The van der Waals surface area contributed by atoms with Crippen LogP contribution in [-0.4, -0.2) is 82.5 Å². The van der Waals surface area contributed by atoms with Crippen molar-refractivity contribution in [3.05, 3.63) is 23.8 Å². The molecule has 3 atom stereocenters. The Hall–Kier alpha value is -1.64. The summed E-state index contributed by atoms with van der Waals surface area (Å²) in [5, 5.41) is 7.94. The van der Waals surface area contributed by atoms with E-state index in [2.05, 4.69) is 38.9 Å². The molecule has 1 aromatic rings. The Morgan fingerprint density at radius 3 is 2.63 bits per heavy atom. The van der Waals surface area contributed by atoms with Gasteiger partial charge in [0.1, 0.15) is 0 Å². The van der Waals surface area contributed by atoms with Crippen molar-refractivity contribution in [2.75, 3.05) is 60.4 Å². The standard InChI is InChI=1S/C22H36N4O3S/c1-23-22(25-17-6-7-18(14-17)30-4)24-15-19(26-9-11-29-12-10-26)16-5-8-20(27-2)21(13-16)28-3/h5,8,13,17-19H,6-7,9-12,14-15H2,1-4H3,(H2,23,24,25). The first kappa shape index (κ1) is 23.0. The molecule has 2 aliphatic rings. The second-order valence-electron chi connectivity index (χ2n) is 7.74. The molecule has 2 fully saturated rings. The number of rotatable bonds is 8. The molecule has 3 rings (SSSR count). The summed E-state index contributed by atoms with van der Waals surface area (Å²) in [5.74, 6) is 2.38. The van der Waals surface area contributed by atoms with Crippen LogP contribution in [0.3, 0.4) is 0 Å². The maximum Gasteiger partial charge on any atom is 0.191 e. The Labute approximate surface area is 184 Å². The SMILES string of the molecule is CN=C(NCC(c1ccc(OC)c(OC)c1)N1CCOCC1)NC1CCC(SC)C1. The molecular weight excluding hydrogens is 400 g/mol. The third-order valence-electron chi connectivity index (χ3n) is 6.02. The van der Waals surface area contributed by atoms with Crippen molar-refractivity contribution in [2.45, 2.75) is 36.6 Å². The molecule has 1 saturated carbocycles. The van der Waals surface area contributed by atoms with Gasteiger partial charge in [0.15, 0.2) is 17.5 Å². The van der Waals surface area contributed by atoms with Crippen molar-refractivity contribution in [1.82, 2.24) is 15.5 Å². The van der Waals surface area contributed by atoms with Gasteiger partial charge in [-0.15, -0.1) is 0 Å². The van der Waals surface area contributed by atoms with Crippen molar-refractivity contribution in [2.24, 2.45) is 4.99 Å². The van der Waals surface area contributed by atoms with Crippen LogP contribution >= 0.6 is 11.8 Å². The largest absolute Gasteiger partial charge is 0.493 e. The third kappa shape index (κ3) is 5.95. The van der Waals surface area contributed by atoms with E-state index in [0.29, 0.717) is 6.04 Å². The lowest BCUT2D eigenvalue weighted by molar-refractivity contribution is 0.0169. The van der Waals surface area contributed by atoms with Crippen molar-refractivity contribution in [3.8, 4) is 11.5 Å². The summed E-state index contributed by atoms with van der Waals surface area (Å²) in [7, 11) is 5.19. The van der Waals surface area contributed by atoms with Crippen LogP contribution in [0.1, 0.15) is 30.9 Å². The fourth-order valence-corrected chi connectivity index (χ4v) is 5.07.